The Balaban J connectivity index is 0.000000310. The molecule has 0 aromatic heterocycles. The number of carbonyl (C=O) groups is 5. The monoisotopic (exact) mass is 1450 g/mol. The van der Waals surface area contributed by atoms with Crippen LogP contribution in [0.2, 0.25) is 0 Å². The second kappa shape index (κ2) is 34.1. The summed E-state index contributed by atoms with van der Waals surface area (Å²) in [6, 6.07) is 26.4. The molecule has 0 saturated carbocycles. The van der Waals surface area contributed by atoms with Gasteiger partial charge in [-0.2, -0.15) is 0 Å². The van der Waals surface area contributed by atoms with Crippen LogP contribution in [0, 0.1) is 55.9 Å². The average molecular weight is 1450 g/mol. The van der Waals surface area contributed by atoms with Gasteiger partial charge in [-0.3, -0.25) is 19.4 Å². The first kappa shape index (κ1) is 75.3. The molecule has 3 aliphatic rings. The van der Waals surface area contributed by atoms with Gasteiger partial charge in [0, 0.05) is 88.3 Å². The van der Waals surface area contributed by atoms with E-state index in [1.165, 1.54) is 62.1 Å². The molecule has 6 aromatic rings. The summed E-state index contributed by atoms with van der Waals surface area (Å²) in [6.07, 6.45) is 5.42. The van der Waals surface area contributed by atoms with E-state index in [-0.39, 0.29) is 74.5 Å². The zero-order valence-corrected chi connectivity index (χ0v) is 53.6. The van der Waals surface area contributed by atoms with Crippen LogP contribution >= 0.6 is 22.6 Å². The minimum Gasteiger partial charge on any atom is -0.481 e. The summed E-state index contributed by atoms with van der Waals surface area (Å²) in [6.45, 7) is 13.1. The molecule has 2 N–H and O–H groups in total. The minimum absolute atomic E-state index is 0. The van der Waals surface area contributed by atoms with Crippen LogP contribution in [0.3, 0.4) is 0 Å². The molecule has 0 radical (unpaired) electrons. The zero-order chi connectivity index (χ0) is 66.0. The van der Waals surface area contributed by atoms with E-state index >= 15 is 0 Å². The van der Waals surface area contributed by atoms with Gasteiger partial charge in [-0.1, -0.05) is 48.6 Å². The molecule has 0 fully saturated rings. The Bertz CT molecular complexity index is 3500. The fourth-order valence-corrected chi connectivity index (χ4v) is 8.91. The molecule has 3 aliphatic heterocycles. The Labute approximate surface area is 537 Å². The van der Waals surface area contributed by atoms with Gasteiger partial charge >= 0.3 is 18.2 Å². The summed E-state index contributed by atoms with van der Waals surface area (Å²) in [5.74, 6) is -6.34. The number of nitrogens with zero attached hydrogens (tertiary/aromatic N) is 4. The number of rotatable bonds is 5. The van der Waals surface area contributed by atoms with E-state index in [9.17, 15) is 53.9 Å². The van der Waals surface area contributed by atoms with Gasteiger partial charge in [-0.25, -0.2) is 53.9 Å². The van der Waals surface area contributed by atoms with Crippen molar-refractivity contribution >= 4 is 63.9 Å². The number of ether oxygens (including phenoxy) is 2. The molecule has 6 aromatic carbocycles. The Morgan fingerprint density at radius 1 is 0.528 bits per heavy atom. The summed E-state index contributed by atoms with van der Waals surface area (Å²) in [4.78, 5) is 60.7. The first-order chi connectivity index (χ1) is 41.0. The molecule has 89 heavy (non-hydrogen) atoms. The van der Waals surface area contributed by atoms with E-state index in [0.29, 0.717) is 22.3 Å². The van der Waals surface area contributed by atoms with Gasteiger partial charge in [-0.05, 0) is 189 Å². The normalized spacial score (nSPS) is 15.4. The fourth-order valence-electron chi connectivity index (χ4n) is 8.40. The zero-order valence-electron chi connectivity index (χ0n) is 49.9. The van der Waals surface area contributed by atoms with Crippen LogP contribution in [0.5, 0.6) is 0 Å². The fraction of sp³-hybridized carbons (Fsp3) is 0.277. The van der Waals surface area contributed by atoms with Gasteiger partial charge in [0.15, 0.2) is 0 Å². The number of carboxylic acids is 2. The molecule has 0 spiro atoms. The predicted octanol–water partition coefficient (Wildman–Crippen LogP) is 16.1. The van der Waals surface area contributed by atoms with E-state index in [1.54, 1.807) is 104 Å². The summed E-state index contributed by atoms with van der Waals surface area (Å²) in [7, 11) is 3.21. The standard InChI is InChI=1S/C21H20F3NO2.C19H17F3N2O.C15H17F2NO2.C6H4FI.2C2H4O2.Pd/c1-21(2,3)27-20(26)25-12-14(17-11-16(23)7-8-18(17)24)10-19(25)13-5-4-6-15(22)9-13;1-23(2)19(25)24-11-13(16-10-15(21)6-7-17(16)22)9-18(24)12-4-3-5-14(20)8-12;1-15(2,3)20-14(19)18-7-6-10(9-18)12-8-11(16)4-5-13(12)17;7-5-2-1-3-6(8)4-5;2*1-2(3)4;/h4-11,19H,12H2,1-3H3;3-10,18H,11H2,1-2H3;4-8,10H,9H2,1-3H3;1-4H;2*1H3,(H,3,4);. The van der Waals surface area contributed by atoms with Crippen LogP contribution in [0.4, 0.5) is 53.9 Å². The van der Waals surface area contributed by atoms with Gasteiger partial charge in [0.05, 0.1) is 18.6 Å². The SMILES string of the molecule is CC(=O)O.CC(=O)O.CC(C)(C)OC(=O)N1C=CC(c2cc(F)ccc2F)C1.CC(C)(C)OC(=O)N1CC(c2cc(F)ccc2F)=CC1c1cccc(F)c1.CN(C)C(=O)N1CC(c2cc(F)ccc2F)=CC1c1cccc(F)c1.Fc1cccc(I)c1.[Pd]. The first-order valence-electron chi connectivity index (χ1n) is 26.8. The third-order valence-electron chi connectivity index (χ3n) is 11.9. The van der Waals surface area contributed by atoms with Crippen molar-refractivity contribution in [2.24, 2.45) is 0 Å². The summed E-state index contributed by atoms with van der Waals surface area (Å²) < 4.78 is 133. The van der Waals surface area contributed by atoms with E-state index in [4.69, 9.17) is 29.3 Å². The number of hydrogen-bond acceptors (Lipinski definition) is 7. The van der Waals surface area contributed by atoms with Crippen LogP contribution < -0.4 is 0 Å². The summed E-state index contributed by atoms with van der Waals surface area (Å²) in [5.41, 5.74) is 1.12. The number of hydrogen-bond donors (Lipinski definition) is 2. The second-order valence-corrected chi connectivity index (χ2v) is 23.0. The van der Waals surface area contributed by atoms with E-state index in [1.807, 2.05) is 6.07 Å². The third kappa shape index (κ3) is 24.9. The number of urea groups is 1. The summed E-state index contributed by atoms with van der Waals surface area (Å²) in [5, 5.41) is 14.8. The van der Waals surface area contributed by atoms with E-state index < -0.39 is 93.9 Å². The number of carbonyl (C=O) groups excluding carboxylic acids is 3. The largest absolute Gasteiger partial charge is 0.481 e. The van der Waals surface area contributed by atoms with Gasteiger partial charge in [0.25, 0.3) is 11.9 Å². The molecular formula is C65H66F9IN4O9Pd. The maximum absolute atomic E-state index is 14.2. The molecule has 0 bridgehead atoms. The van der Waals surface area contributed by atoms with Crippen molar-refractivity contribution in [2.45, 2.75) is 84.6 Å². The van der Waals surface area contributed by atoms with Crippen molar-refractivity contribution in [1.29, 1.82) is 0 Å². The first-order valence-corrected chi connectivity index (χ1v) is 27.8. The van der Waals surface area contributed by atoms with Crippen LogP contribution in [0.25, 0.3) is 11.1 Å². The van der Waals surface area contributed by atoms with Crippen molar-refractivity contribution in [2.75, 3.05) is 33.7 Å². The van der Waals surface area contributed by atoms with Gasteiger partial charge in [-0.15, -0.1) is 0 Å². The maximum Gasteiger partial charge on any atom is 0.414 e. The van der Waals surface area contributed by atoms with Crippen molar-refractivity contribution in [3.05, 3.63) is 236 Å². The van der Waals surface area contributed by atoms with Gasteiger partial charge in [0.1, 0.15) is 63.6 Å². The molecule has 4 amide bonds. The summed E-state index contributed by atoms with van der Waals surface area (Å²) >= 11 is 2.07. The molecule has 480 valence electrons. The number of aliphatic carboxylic acids is 2. The molecule has 3 unspecified atom stereocenters. The Morgan fingerprint density at radius 2 is 0.910 bits per heavy atom. The van der Waals surface area contributed by atoms with Crippen molar-refractivity contribution < 1.29 is 104 Å². The van der Waals surface area contributed by atoms with E-state index in [2.05, 4.69) is 22.6 Å². The van der Waals surface area contributed by atoms with Crippen molar-refractivity contribution in [3.8, 4) is 0 Å². The topological polar surface area (TPSA) is 157 Å². The molecule has 13 nitrogen and oxygen atoms in total. The Morgan fingerprint density at radius 3 is 1.31 bits per heavy atom. The van der Waals surface area contributed by atoms with Crippen LogP contribution in [0.15, 0.2) is 152 Å². The maximum atomic E-state index is 14.2. The molecular weight excluding hydrogens is 1390 g/mol. The molecule has 0 saturated heterocycles. The number of halogens is 10. The second-order valence-electron chi connectivity index (χ2n) is 21.8. The van der Waals surface area contributed by atoms with Gasteiger partial charge < -0.3 is 29.5 Å². The predicted molar refractivity (Wildman–Crippen MR) is 323 cm³/mol. The van der Waals surface area contributed by atoms with Crippen molar-refractivity contribution in [3.63, 3.8) is 0 Å². The van der Waals surface area contributed by atoms with Crippen molar-refractivity contribution in [1.82, 2.24) is 19.6 Å². The molecule has 9 rings (SSSR count). The Kier molecular flexibility index (Phi) is 28.9. The molecule has 3 heterocycles. The van der Waals surface area contributed by atoms with E-state index in [0.717, 1.165) is 72.0 Å². The van der Waals surface area contributed by atoms with Gasteiger partial charge in [0.2, 0.25) is 0 Å². The molecule has 24 heteroatoms. The number of amides is 4. The number of benzene rings is 6. The smallest absolute Gasteiger partial charge is 0.414 e. The Hall–Kier alpha value is -7.95. The minimum atomic E-state index is -0.833. The number of carboxylic acid groups (broad SMARTS) is 2. The third-order valence-corrected chi connectivity index (χ3v) is 12.6. The molecule has 3 atom stereocenters. The van der Waals surface area contributed by atoms with Crippen LogP contribution in [0.1, 0.15) is 101 Å². The quantitative estimate of drug-likeness (QED) is 0.0974. The van der Waals surface area contributed by atoms with Crippen LogP contribution in [-0.2, 0) is 39.5 Å². The van der Waals surface area contributed by atoms with Crippen LogP contribution in [-0.4, -0.2) is 105 Å². The molecule has 0 aliphatic carbocycles. The average Bonchev–Trinajstić information content (AvgIpc) is 3.51.